The van der Waals surface area contributed by atoms with Crippen LogP contribution in [0.3, 0.4) is 0 Å². The van der Waals surface area contributed by atoms with Crippen molar-refractivity contribution in [2.24, 2.45) is 0 Å². The number of benzene rings is 2. The fourth-order valence-corrected chi connectivity index (χ4v) is 4.65. The lowest BCUT2D eigenvalue weighted by Crippen LogP contribution is -2.35. The minimum absolute atomic E-state index is 0.00588. The zero-order chi connectivity index (χ0) is 27.9. The van der Waals surface area contributed by atoms with Gasteiger partial charge in [-0.05, 0) is 61.7 Å². The van der Waals surface area contributed by atoms with Gasteiger partial charge in [-0.2, -0.15) is 0 Å². The first-order valence-electron chi connectivity index (χ1n) is 12.8. The summed E-state index contributed by atoms with van der Waals surface area (Å²) in [4.78, 5) is 43.0. The molecule has 0 aliphatic carbocycles. The number of carbonyl (C=O) groups excluding carboxylic acids is 2. The lowest BCUT2D eigenvalue weighted by Gasteiger charge is -2.21. The van der Waals surface area contributed by atoms with E-state index in [1.165, 1.54) is 12.3 Å². The number of carboxylic acids is 1. The molecule has 1 saturated heterocycles. The molecule has 0 spiro atoms. The molecule has 39 heavy (non-hydrogen) atoms. The van der Waals surface area contributed by atoms with Gasteiger partial charge in [0.2, 0.25) is 0 Å². The number of ketones is 1. The van der Waals surface area contributed by atoms with Crippen LogP contribution in [-0.2, 0) is 22.6 Å². The van der Waals surface area contributed by atoms with Gasteiger partial charge in [0, 0.05) is 48.7 Å². The number of nitrogens with one attached hydrogen (secondary N) is 2. The number of halogens is 2. The number of nitrogens with zero attached hydrogens (tertiary/aromatic N) is 2. The lowest BCUT2D eigenvalue weighted by atomic mass is 10.1. The average Bonchev–Trinajstić information content (AvgIpc) is 3.33. The van der Waals surface area contributed by atoms with Crippen molar-refractivity contribution in [1.29, 1.82) is 0 Å². The molecule has 4 rings (SSSR count). The Bertz CT molecular complexity index is 1340. The number of aromatic nitrogens is 1. The van der Waals surface area contributed by atoms with Crippen LogP contribution in [-0.4, -0.2) is 45.2 Å². The van der Waals surface area contributed by atoms with Gasteiger partial charge in [0.25, 0.3) is 5.91 Å². The molecule has 0 radical (unpaired) electrons. The predicted octanol–water partition coefficient (Wildman–Crippen LogP) is 5.32. The predicted molar refractivity (Wildman–Crippen MR) is 143 cm³/mol. The third-order valence-corrected chi connectivity index (χ3v) is 6.50. The minimum Gasteiger partial charge on any atom is -0.480 e. The van der Waals surface area contributed by atoms with Gasteiger partial charge in [-0.3, -0.25) is 24.3 Å². The molecule has 1 aliphatic rings. The molecule has 1 aromatic heterocycles. The molecule has 1 unspecified atom stereocenters. The highest BCUT2D eigenvalue weighted by Crippen LogP contribution is 2.25. The maximum atomic E-state index is 13.8. The molecule has 3 N–H and O–H groups in total. The Balaban J connectivity index is 1.52. The van der Waals surface area contributed by atoms with E-state index in [-0.39, 0.29) is 29.1 Å². The SMILES string of the molecule is CCCC(=O)Cc1cc(Nc2cc(F)cc(F)c2)c(C(=O)Nc2ccc(CN3CCCC3C(=O)O)cc2)cn1. The van der Waals surface area contributed by atoms with Crippen molar-refractivity contribution in [3.05, 3.63) is 83.2 Å². The number of anilines is 3. The van der Waals surface area contributed by atoms with E-state index >= 15 is 0 Å². The molecule has 1 atom stereocenters. The van der Waals surface area contributed by atoms with Gasteiger partial charge in [-0.15, -0.1) is 0 Å². The quantitative estimate of drug-likeness (QED) is 0.304. The Morgan fingerprint density at radius 2 is 1.77 bits per heavy atom. The summed E-state index contributed by atoms with van der Waals surface area (Å²) in [6.07, 6.45) is 3.96. The number of Topliss-reactive ketones (excluding diaryl/α,β-unsaturated/α-hetero) is 1. The van der Waals surface area contributed by atoms with Gasteiger partial charge >= 0.3 is 5.97 Å². The van der Waals surface area contributed by atoms with Crippen LogP contribution in [0.2, 0.25) is 0 Å². The second-order valence-electron chi connectivity index (χ2n) is 9.59. The molecule has 2 aromatic carbocycles. The maximum absolute atomic E-state index is 13.8. The summed E-state index contributed by atoms with van der Waals surface area (Å²) in [5, 5.41) is 15.1. The first-order valence-corrected chi connectivity index (χ1v) is 12.8. The number of rotatable bonds is 11. The highest BCUT2D eigenvalue weighted by atomic mass is 19.1. The Hall–Kier alpha value is -4.18. The number of amides is 1. The highest BCUT2D eigenvalue weighted by Gasteiger charge is 2.30. The first-order chi connectivity index (χ1) is 18.7. The molecule has 2 heterocycles. The molecule has 1 amide bonds. The summed E-state index contributed by atoms with van der Waals surface area (Å²) in [6.45, 7) is 3.11. The third-order valence-electron chi connectivity index (χ3n) is 6.50. The largest absolute Gasteiger partial charge is 0.480 e. The number of pyridine rings is 1. The molecular weight excluding hydrogens is 506 g/mol. The summed E-state index contributed by atoms with van der Waals surface area (Å²) in [6, 6.07) is 11.1. The van der Waals surface area contributed by atoms with Crippen molar-refractivity contribution < 1.29 is 28.3 Å². The van der Waals surface area contributed by atoms with Crippen molar-refractivity contribution in [3.63, 3.8) is 0 Å². The van der Waals surface area contributed by atoms with Crippen LogP contribution in [0, 0.1) is 11.6 Å². The van der Waals surface area contributed by atoms with Crippen molar-refractivity contribution in [3.8, 4) is 0 Å². The van der Waals surface area contributed by atoms with Crippen molar-refractivity contribution >= 4 is 34.7 Å². The molecule has 3 aromatic rings. The second kappa shape index (κ2) is 12.6. The zero-order valence-electron chi connectivity index (χ0n) is 21.5. The lowest BCUT2D eigenvalue weighted by molar-refractivity contribution is -0.142. The summed E-state index contributed by atoms with van der Waals surface area (Å²) >= 11 is 0. The van der Waals surface area contributed by atoms with Gasteiger partial charge in [0.1, 0.15) is 23.5 Å². The van der Waals surface area contributed by atoms with Crippen LogP contribution in [0.25, 0.3) is 0 Å². The fourth-order valence-electron chi connectivity index (χ4n) is 4.65. The monoisotopic (exact) mass is 536 g/mol. The van der Waals surface area contributed by atoms with E-state index in [0.29, 0.717) is 43.7 Å². The number of hydrogen-bond acceptors (Lipinski definition) is 6. The molecule has 1 fully saturated rings. The van der Waals surface area contributed by atoms with Crippen molar-refractivity contribution in [2.75, 3.05) is 17.2 Å². The fraction of sp³-hybridized carbons (Fsp3) is 0.310. The van der Waals surface area contributed by atoms with Gasteiger partial charge in [-0.1, -0.05) is 19.1 Å². The molecule has 0 bridgehead atoms. The minimum atomic E-state index is -0.823. The number of carbonyl (C=O) groups is 3. The maximum Gasteiger partial charge on any atom is 0.320 e. The smallest absolute Gasteiger partial charge is 0.320 e. The summed E-state index contributed by atoms with van der Waals surface area (Å²) < 4.78 is 27.6. The van der Waals surface area contributed by atoms with Crippen molar-refractivity contribution in [1.82, 2.24) is 9.88 Å². The number of likely N-dealkylation sites (tertiary alicyclic amines) is 1. The Kier molecular flexibility index (Phi) is 8.98. The Morgan fingerprint density at radius 1 is 1.05 bits per heavy atom. The summed E-state index contributed by atoms with van der Waals surface area (Å²) in [5.41, 5.74) is 2.32. The van der Waals surface area contributed by atoms with Crippen LogP contribution in [0.15, 0.2) is 54.7 Å². The van der Waals surface area contributed by atoms with E-state index in [9.17, 15) is 28.3 Å². The molecule has 10 heteroatoms. The first kappa shape index (κ1) is 27.8. The van der Waals surface area contributed by atoms with E-state index in [0.717, 1.165) is 30.2 Å². The molecule has 8 nitrogen and oxygen atoms in total. The van der Waals surface area contributed by atoms with Crippen LogP contribution < -0.4 is 10.6 Å². The third kappa shape index (κ3) is 7.44. The molecule has 1 aliphatic heterocycles. The van der Waals surface area contributed by atoms with E-state index in [1.807, 2.05) is 24.0 Å². The summed E-state index contributed by atoms with van der Waals surface area (Å²) in [7, 11) is 0. The Labute approximate surface area is 225 Å². The van der Waals surface area contributed by atoms with E-state index in [1.54, 1.807) is 12.1 Å². The van der Waals surface area contributed by atoms with Crippen LogP contribution in [0.1, 0.15) is 54.2 Å². The van der Waals surface area contributed by atoms with Crippen LogP contribution >= 0.6 is 0 Å². The van der Waals surface area contributed by atoms with Crippen molar-refractivity contribution in [2.45, 2.75) is 51.6 Å². The van der Waals surface area contributed by atoms with Gasteiger partial charge in [-0.25, -0.2) is 8.78 Å². The second-order valence-corrected chi connectivity index (χ2v) is 9.59. The topological polar surface area (TPSA) is 112 Å². The molecule has 0 saturated carbocycles. The van der Waals surface area contributed by atoms with Crippen LogP contribution in [0.4, 0.5) is 25.8 Å². The van der Waals surface area contributed by atoms with Crippen LogP contribution in [0.5, 0.6) is 0 Å². The van der Waals surface area contributed by atoms with E-state index in [2.05, 4.69) is 15.6 Å². The molecular formula is C29H30F2N4O4. The Morgan fingerprint density at radius 3 is 2.44 bits per heavy atom. The zero-order valence-corrected chi connectivity index (χ0v) is 21.5. The van der Waals surface area contributed by atoms with Gasteiger partial charge in [0.15, 0.2) is 0 Å². The number of hydrogen-bond donors (Lipinski definition) is 3. The highest BCUT2D eigenvalue weighted by molar-refractivity contribution is 6.08. The number of carboxylic acid groups (broad SMARTS) is 1. The van der Waals surface area contributed by atoms with E-state index in [4.69, 9.17) is 0 Å². The van der Waals surface area contributed by atoms with Gasteiger partial charge in [0.05, 0.1) is 11.3 Å². The standard InChI is InChI=1S/C29H30F2N4O4/c1-2-4-24(36)14-22-15-26(33-23-12-19(30)11-20(31)13-23)25(16-32-22)28(37)34-21-8-6-18(7-9-21)17-35-10-3-5-27(35)29(38)39/h6-9,11-13,15-16,27H,2-5,10,14,17H2,1H3,(H,32,33)(H,34,37)(H,38,39). The van der Waals surface area contributed by atoms with E-state index < -0.39 is 29.6 Å². The molecule has 204 valence electrons. The summed E-state index contributed by atoms with van der Waals surface area (Å²) in [5.74, 6) is -2.89. The van der Waals surface area contributed by atoms with Gasteiger partial charge < -0.3 is 15.7 Å². The number of aliphatic carboxylic acids is 1. The normalized spacial score (nSPS) is 15.2. The average molecular weight is 537 g/mol.